The summed E-state index contributed by atoms with van der Waals surface area (Å²) in [6.07, 6.45) is 5.77. The molecule has 6 heteroatoms. The van der Waals surface area contributed by atoms with Gasteiger partial charge >= 0.3 is 0 Å². The van der Waals surface area contributed by atoms with E-state index in [1.807, 2.05) is 0 Å². The van der Waals surface area contributed by atoms with E-state index in [-0.39, 0.29) is 10.4 Å². The highest BCUT2D eigenvalue weighted by Gasteiger charge is 2.40. The quantitative estimate of drug-likeness (QED) is 0.891. The predicted octanol–water partition coefficient (Wildman–Crippen LogP) is 1.61. The second-order valence-electron chi connectivity index (χ2n) is 4.71. The number of hydrogen-bond acceptors (Lipinski definition) is 3. The molecule has 0 atom stereocenters. The van der Waals surface area contributed by atoms with Gasteiger partial charge in [-0.05, 0) is 24.7 Å². The lowest BCUT2D eigenvalue weighted by Crippen LogP contribution is -2.32. The smallest absolute Gasteiger partial charge is 0.260 e. The minimum absolute atomic E-state index is 0.160. The number of aromatic nitrogens is 2. The predicted molar refractivity (Wildman–Crippen MR) is 65.0 cm³/mol. The van der Waals surface area contributed by atoms with Gasteiger partial charge in [-0.3, -0.25) is 0 Å². The van der Waals surface area contributed by atoms with Crippen molar-refractivity contribution in [1.82, 2.24) is 14.3 Å². The molecule has 96 valence electrons. The summed E-state index contributed by atoms with van der Waals surface area (Å²) in [5.74, 6) is 0. The molecule has 1 saturated heterocycles. The number of nitrogens with zero attached hydrogens (tertiary/aromatic N) is 2. The molecule has 0 spiro atoms. The van der Waals surface area contributed by atoms with Crippen molar-refractivity contribution in [2.75, 3.05) is 13.1 Å². The number of aromatic amines is 1. The van der Waals surface area contributed by atoms with Crippen LogP contribution in [0, 0.1) is 5.41 Å². The zero-order chi connectivity index (χ0) is 12.5. The molecule has 0 amide bonds. The molecule has 1 aromatic heterocycles. The van der Waals surface area contributed by atoms with E-state index < -0.39 is 10.0 Å². The Kier molecular flexibility index (Phi) is 3.27. The molecular formula is C11H19N3O2S. The number of rotatable bonds is 4. The topological polar surface area (TPSA) is 66.1 Å². The Hall–Kier alpha value is -0.880. The van der Waals surface area contributed by atoms with E-state index in [2.05, 4.69) is 23.8 Å². The lowest BCUT2D eigenvalue weighted by Gasteiger charge is -2.25. The molecule has 1 fully saturated rings. The average Bonchev–Trinajstić information content (AvgIpc) is 2.99. The summed E-state index contributed by atoms with van der Waals surface area (Å²) >= 11 is 0. The van der Waals surface area contributed by atoms with Crippen LogP contribution in [0.2, 0.25) is 0 Å². The summed E-state index contributed by atoms with van der Waals surface area (Å²) < 4.78 is 26.1. The minimum atomic E-state index is -3.37. The van der Waals surface area contributed by atoms with Gasteiger partial charge < -0.3 is 4.98 Å². The number of hydrogen-bond donors (Lipinski definition) is 1. The fraction of sp³-hybridized carbons (Fsp3) is 0.727. The van der Waals surface area contributed by atoms with Crippen LogP contribution in [0.5, 0.6) is 0 Å². The van der Waals surface area contributed by atoms with Gasteiger partial charge in [0, 0.05) is 13.1 Å². The van der Waals surface area contributed by atoms with E-state index in [4.69, 9.17) is 0 Å². The van der Waals surface area contributed by atoms with Crippen LogP contribution in [0.4, 0.5) is 0 Å². The molecule has 2 heterocycles. The van der Waals surface area contributed by atoms with Crippen LogP contribution in [-0.4, -0.2) is 35.8 Å². The third kappa shape index (κ3) is 2.11. The summed E-state index contributed by atoms with van der Waals surface area (Å²) in [6, 6.07) is 0. The van der Waals surface area contributed by atoms with Crippen molar-refractivity contribution in [2.24, 2.45) is 5.41 Å². The molecule has 1 aliphatic heterocycles. The van der Waals surface area contributed by atoms with E-state index in [9.17, 15) is 8.42 Å². The lowest BCUT2D eigenvalue weighted by atomic mass is 9.82. The molecule has 1 aromatic rings. The van der Waals surface area contributed by atoms with Gasteiger partial charge in [0.2, 0.25) is 0 Å². The minimum Gasteiger partial charge on any atom is -0.335 e. The average molecular weight is 257 g/mol. The van der Waals surface area contributed by atoms with Crippen LogP contribution in [0.3, 0.4) is 0 Å². The number of nitrogens with one attached hydrogen (secondary N) is 1. The highest BCUT2D eigenvalue weighted by molar-refractivity contribution is 7.89. The molecule has 5 nitrogen and oxygen atoms in total. The number of imidazole rings is 1. The zero-order valence-electron chi connectivity index (χ0n) is 10.3. The highest BCUT2D eigenvalue weighted by Crippen LogP contribution is 2.38. The van der Waals surface area contributed by atoms with Crippen molar-refractivity contribution < 1.29 is 8.42 Å². The Bertz CT molecular complexity index is 463. The fourth-order valence-electron chi connectivity index (χ4n) is 2.45. The molecule has 0 aliphatic carbocycles. The molecule has 1 aliphatic rings. The summed E-state index contributed by atoms with van der Waals surface area (Å²) in [7, 11) is -3.37. The van der Waals surface area contributed by atoms with Crippen molar-refractivity contribution in [3.05, 3.63) is 12.5 Å². The standard InChI is InChI=1S/C11H19N3O2S/c1-3-11(4-2)5-6-14(8-11)17(15,16)10-7-12-9-13-10/h7,9H,3-6,8H2,1-2H3,(H,12,13). The molecule has 1 N–H and O–H groups in total. The van der Waals surface area contributed by atoms with Crippen LogP contribution in [-0.2, 0) is 10.0 Å². The summed E-state index contributed by atoms with van der Waals surface area (Å²) in [6.45, 7) is 5.51. The summed E-state index contributed by atoms with van der Waals surface area (Å²) in [5, 5.41) is 0.195. The Balaban J connectivity index is 2.22. The first-order chi connectivity index (χ1) is 8.04. The van der Waals surface area contributed by atoms with E-state index in [1.165, 1.54) is 12.5 Å². The first kappa shape index (κ1) is 12.6. The van der Waals surface area contributed by atoms with Gasteiger partial charge in [-0.25, -0.2) is 13.4 Å². The normalized spacial score (nSPS) is 20.8. The van der Waals surface area contributed by atoms with E-state index in [0.717, 1.165) is 19.3 Å². The van der Waals surface area contributed by atoms with Crippen LogP contribution < -0.4 is 0 Å². The summed E-state index contributed by atoms with van der Waals surface area (Å²) in [4.78, 5) is 6.45. The van der Waals surface area contributed by atoms with Crippen molar-refractivity contribution in [3.8, 4) is 0 Å². The highest BCUT2D eigenvalue weighted by atomic mass is 32.2. The van der Waals surface area contributed by atoms with E-state index in [0.29, 0.717) is 13.1 Å². The Morgan fingerprint density at radius 2 is 2.18 bits per heavy atom. The number of H-pyrrole nitrogens is 1. The molecule has 0 saturated carbocycles. The third-order valence-electron chi connectivity index (χ3n) is 3.99. The summed E-state index contributed by atoms with van der Waals surface area (Å²) in [5.41, 5.74) is 0.160. The monoisotopic (exact) mass is 257 g/mol. The first-order valence-corrected chi connectivity index (χ1v) is 7.46. The maximum atomic E-state index is 12.3. The molecular weight excluding hydrogens is 238 g/mol. The van der Waals surface area contributed by atoms with Gasteiger partial charge in [0.05, 0.1) is 12.5 Å². The van der Waals surface area contributed by atoms with Crippen molar-refractivity contribution in [1.29, 1.82) is 0 Å². The van der Waals surface area contributed by atoms with E-state index in [1.54, 1.807) is 4.31 Å². The molecule has 2 rings (SSSR count). The zero-order valence-corrected chi connectivity index (χ0v) is 11.1. The lowest BCUT2D eigenvalue weighted by molar-refractivity contribution is 0.279. The van der Waals surface area contributed by atoms with Gasteiger partial charge in [-0.15, -0.1) is 0 Å². The van der Waals surface area contributed by atoms with Gasteiger partial charge in [0.15, 0.2) is 5.03 Å². The van der Waals surface area contributed by atoms with Crippen molar-refractivity contribution in [3.63, 3.8) is 0 Å². The number of sulfonamides is 1. The molecule has 0 radical (unpaired) electrons. The van der Waals surface area contributed by atoms with Crippen LogP contribution in [0.15, 0.2) is 17.6 Å². The SMILES string of the molecule is CCC1(CC)CCN(S(=O)(=O)c2cnc[nH]2)C1. The molecule has 17 heavy (non-hydrogen) atoms. The second-order valence-corrected chi connectivity index (χ2v) is 6.62. The Morgan fingerprint density at radius 3 is 2.65 bits per heavy atom. The maximum Gasteiger partial charge on any atom is 0.260 e. The van der Waals surface area contributed by atoms with E-state index >= 15 is 0 Å². The maximum absolute atomic E-state index is 12.3. The molecule has 0 aromatic carbocycles. The van der Waals surface area contributed by atoms with Gasteiger partial charge in [-0.1, -0.05) is 13.8 Å². The molecule has 0 unspecified atom stereocenters. The Labute approximate surface area is 102 Å². The molecule has 0 bridgehead atoms. The fourth-order valence-corrected chi connectivity index (χ4v) is 3.90. The van der Waals surface area contributed by atoms with Gasteiger partial charge in [0.1, 0.15) is 0 Å². The van der Waals surface area contributed by atoms with Gasteiger partial charge in [0.25, 0.3) is 10.0 Å². The van der Waals surface area contributed by atoms with Crippen molar-refractivity contribution in [2.45, 2.75) is 38.1 Å². The van der Waals surface area contributed by atoms with Crippen LogP contribution in [0.25, 0.3) is 0 Å². The first-order valence-electron chi connectivity index (χ1n) is 6.02. The Morgan fingerprint density at radius 1 is 1.47 bits per heavy atom. The van der Waals surface area contributed by atoms with Crippen molar-refractivity contribution >= 4 is 10.0 Å². The second kappa shape index (κ2) is 4.42. The van der Waals surface area contributed by atoms with Gasteiger partial charge in [-0.2, -0.15) is 4.31 Å². The van der Waals surface area contributed by atoms with Crippen LogP contribution >= 0.6 is 0 Å². The third-order valence-corrected chi connectivity index (χ3v) is 5.76. The largest absolute Gasteiger partial charge is 0.335 e. The van der Waals surface area contributed by atoms with Crippen LogP contribution in [0.1, 0.15) is 33.1 Å².